The summed E-state index contributed by atoms with van der Waals surface area (Å²) in [6, 6.07) is 4.99. The maximum absolute atomic E-state index is 12.4. The van der Waals surface area contributed by atoms with Crippen molar-refractivity contribution in [3.8, 4) is 5.75 Å². The van der Waals surface area contributed by atoms with Crippen molar-refractivity contribution in [2.75, 3.05) is 19.5 Å². The second kappa shape index (κ2) is 6.60. The number of amides is 1. The van der Waals surface area contributed by atoms with Crippen LogP contribution in [0.5, 0.6) is 5.75 Å². The van der Waals surface area contributed by atoms with E-state index in [1.165, 1.54) is 39.9 Å². The number of carbonyl (C=O) groups is 2. The molecule has 124 valence electrons. The Balaban J connectivity index is 1.69. The number of hydrogen-bond acceptors (Lipinski definition) is 4. The molecule has 0 heterocycles. The minimum absolute atomic E-state index is 0.0298. The Morgan fingerprint density at radius 3 is 2.65 bits per heavy atom. The summed E-state index contributed by atoms with van der Waals surface area (Å²) in [7, 11) is 2.85. The largest absolute Gasteiger partial charge is 0.497 e. The molecule has 0 saturated heterocycles. The van der Waals surface area contributed by atoms with Gasteiger partial charge in [-0.3, -0.25) is 4.79 Å². The summed E-state index contributed by atoms with van der Waals surface area (Å²) in [6.45, 7) is 0. The lowest BCUT2D eigenvalue weighted by molar-refractivity contribution is -0.117. The van der Waals surface area contributed by atoms with E-state index in [1.807, 2.05) is 0 Å². The van der Waals surface area contributed by atoms with Crippen LogP contribution in [0.25, 0.3) is 0 Å². The van der Waals surface area contributed by atoms with Crippen molar-refractivity contribution in [3.63, 3.8) is 0 Å². The number of anilines is 1. The standard InChI is InChI=1S/C18H23NO4/c1-22-14-5-6-16(15(10-14)18(21)23-2)19-17(20)9-13-8-11-3-4-12(13)7-11/h5-6,10-13H,3-4,7-9H2,1-2H3,(H,19,20). The molecule has 0 aromatic heterocycles. The van der Waals surface area contributed by atoms with Crippen LogP contribution in [0.3, 0.4) is 0 Å². The molecule has 23 heavy (non-hydrogen) atoms. The van der Waals surface area contributed by atoms with E-state index >= 15 is 0 Å². The molecule has 1 aromatic carbocycles. The zero-order valence-electron chi connectivity index (χ0n) is 13.6. The molecular formula is C18H23NO4. The van der Waals surface area contributed by atoms with E-state index in [0.29, 0.717) is 35.3 Å². The van der Waals surface area contributed by atoms with Crippen molar-refractivity contribution in [1.82, 2.24) is 0 Å². The van der Waals surface area contributed by atoms with E-state index in [-0.39, 0.29) is 5.91 Å². The Morgan fingerprint density at radius 1 is 1.22 bits per heavy atom. The van der Waals surface area contributed by atoms with Gasteiger partial charge in [0, 0.05) is 6.42 Å². The number of methoxy groups -OCH3 is 2. The third-order valence-electron chi connectivity index (χ3n) is 5.24. The number of nitrogens with one attached hydrogen (secondary N) is 1. The van der Waals surface area contributed by atoms with Gasteiger partial charge >= 0.3 is 5.97 Å². The van der Waals surface area contributed by atoms with Gasteiger partial charge in [-0.15, -0.1) is 0 Å². The Labute approximate surface area is 136 Å². The number of carbonyl (C=O) groups excluding carboxylic acids is 2. The molecule has 0 aliphatic heterocycles. The number of ether oxygens (including phenoxy) is 2. The van der Waals surface area contributed by atoms with Gasteiger partial charge in [0.15, 0.2) is 0 Å². The molecule has 1 N–H and O–H groups in total. The van der Waals surface area contributed by atoms with Gasteiger partial charge in [0.25, 0.3) is 0 Å². The molecule has 2 fully saturated rings. The predicted octanol–water partition coefficient (Wildman–Crippen LogP) is 3.25. The Hall–Kier alpha value is -2.04. The normalized spacial score (nSPS) is 25.2. The molecule has 2 bridgehead atoms. The van der Waals surface area contributed by atoms with Crippen molar-refractivity contribution < 1.29 is 19.1 Å². The maximum atomic E-state index is 12.4. The van der Waals surface area contributed by atoms with Crippen LogP contribution in [0.15, 0.2) is 18.2 Å². The molecule has 1 aromatic rings. The van der Waals surface area contributed by atoms with Gasteiger partial charge in [-0.1, -0.05) is 6.42 Å². The summed E-state index contributed by atoms with van der Waals surface area (Å²) in [4.78, 5) is 24.3. The van der Waals surface area contributed by atoms with Gasteiger partial charge in [-0.25, -0.2) is 4.79 Å². The molecule has 1 amide bonds. The highest BCUT2D eigenvalue weighted by Gasteiger charge is 2.40. The van der Waals surface area contributed by atoms with Crippen LogP contribution in [0, 0.1) is 17.8 Å². The minimum Gasteiger partial charge on any atom is -0.497 e. The predicted molar refractivity (Wildman–Crippen MR) is 86.5 cm³/mol. The van der Waals surface area contributed by atoms with Crippen LogP contribution in [0.1, 0.15) is 42.5 Å². The third kappa shape index (κ3) is 3.33. The number of rotatable bonds is 5. The fourth-order valence-corrected chi connectivity index (χ4v) is 4.10. The summed E-state index contributed by atoms with van der Waals surface area (Å²) in [6.07, 6.45) is 5.58. The molecular weight excluding hydrogens is 294 g/mol. The van der Waals surface area contributed by atoms with Crippen LogP contribution in [-0.2, 0) is 9.53 Å². The molecule has 2 saturated carbocycles. The first kappa shape index (κ1) is 15.8. The van der Waals surface area contributed by atoms with Gasteiger partial charge in [0.2, 0.25) is 5.91 Å². The van der Waals surface area contributed by atoms with E-state index in [4.69, 9.17) is 9.47 Å². The molecule has 2 aliphatic carbocycles. The lowest BCUT2D eigenvalue weighted by atomic mass is 9.86. The van der Waals surface area contributed by atoms with Gasteiger partial charge in [-0.2, -0.15) is 0 Å². The lowest BCUT2D eigenvalue weighted by Gasteiger charge is -2.21. The Kier molecular flexibility index (Phi) is 4.55. The second-order valence-electron chi connectivity index (χ2n) is 6.59. The van der Waals surface area contributed by atoms with Crippen molar-refractivity contribution in [1.29, 1.82) is 0 Å². The average molecular weight is 317 g/mol. The molecule has 2 aliphatic rings. The summed E-state index contributed by atoms with van der Waals surface area (Å²) >= 11 is 0. The Bertz CT molecular complexity index is 613. The first-order valence-electron chi connectivity index (χ1n) is 8.17. The van der Waals surface area contributed by atoms with Gasteiger partial charge in [0.05, 0.1) is 25.5 Å². The van der Waals surface area contributed by atoms with E-state index in [9.17, 15) is 9.59 Å². The average Bonchev–Trinajstić information content (AvgIpc) is 3.17. The van der Waals surface area contributed by atoms with E-state index < -0.39 is 5.97 Å². The molecule has 0 radical (unpaired) electrons. The molecule has 3 atom stereocenters. The number of hydrogen-bond donors (Lipinski definition) is 1. The van der Waals surface area contributed by atoms with Crippen LogP contribution in [0.2, 0.25) is 0 Å². The highest BCUT2D eigenvalue weighted by Crippen LogP contribution is 2.49. The Morgan fingerprint density at radius 2 is 2.04 bits per heavy atom. The van der Waals surface area contributed by atoms with Crippen molar-refractivity contribution in [2.45, 2.75) is 32.1 Å². The zero-order chi connectivity index (χ0) is 16.4. The summed E-state index contributed by atoms with van der Waals surface area (Å²) in [5.41, 5.74) is 0.791. The molecule has 5 heteroatoms. The van der Waals surface area contributed by atoms with Crippen LogP contribution in [-0.4, -0.2) is 26.1 Å². The zero-order valence-corrected chi connectivity index (χ0v) is 13.6. The molecule has 5 nitrogen and oxygen atoms in total. The third-order valence-corrected chi connectivity index (χ3v) is 5.24. The minimum atomic E-state index is -0.487. The maximum Gasteiger partial charge on any atom is 0.340 e. The van der Waals surface area contributed by atoms with Gasteiger partial charge in [0.1, 0.15) is 5.75 Å². The SMILES string of the molecule is COC(=O)c1cc(OC)ccc1NC(=O)CC1CC2CCC1C2. The van der Waals surface area contributed by atoms with Crippen molar-refractivity contribution in [2.24, 2.45) is 17.8 Å². The lowest BCUT2D eigenvalue weighted by Crippen LogP contribution is -2.21. The van der Waals surface area contributed by atoms with E-state index in [0.717, 1.165) is 5.92 Å². The van der Waals surface area contributed by atoms with Gasteiger partial charge < -0.3 is 14.8 Å². The van der Waals surface area contributed by atoms with E-state index in [2.05, 4.69) is 5.32 Å². The number of fused-ring (bicyclic) bond motifs is 2. The smallest absolute Gasteiger partial charge is 0.340 e. The number of benzene rings is 1. The first-order valence-corrected chi connectivity index (χ1v) is 8.17. The fraction of sp³-hybridized carbons (Fsp3) is 0.556. The van der Waals surface area contributed by atoms with E-state index in [1.54, 1.807) is 18.2 Å². The van der Waals surface area contributed by atoms with Crippen LogP contribution in [0.4, 0.5) is 5.69 Å². The summed E-state index contributed by atoms with van der Waals surface area (Å²) in [5, 5.41) is 2.87. The summed E-state index contributed by atoms with van der Waals surface area (Å²) < 4.78 is 9.92. The monoisotopic (exact) mass is 317 g/mol. The highest BCUT2D eigenvalue weighted by molar-refractivity contribution is 6.01. The fourth-order valence-electron chi connectivity index (χ4n) is 4.10. The first-order chi connectivity index (χ1) is 11.1. The van der Waals surface area contributed by atoms with Crippen LogP contribution >= 0.6 is 0 Å². The van der Waals surface area contributed by atoms with Crippen molar-refractivity contribution in [3.05, 3.63) is 23.8 Å². The van der Waals surface area contributed by atoms with Crippen LogP contribution < -0.4 is 10.1 Å². The second-order valence-corrected chi connectivity index (χ2v) is 6.59. The highest BCUT2D eigenvalue weighted by atomic mass is 16.5. The topological polar surface area (TPSA) is 64.6 Å². The molecule has 3 rings (SSSR count). The summed E-state index contributed by atoms with van der Waals surface area (Å²) in [5.74, 6) is 2.06. The van der Waals surface area contributed by atoms with Gasteiger partial charge in [-0.05, 0) is 55.2 Å². The molecule has 3 unspecified atom stereocenters. The quantitative estimate of drug-likeness (QED) is 0.847. The number of esters is 1. The van der Waals surface area contributed by atoms with Crippen molar-refractivity contribution >= 4 is 17.6 Å². The molecule has 0 spiro atoms.